The van der Waals surface area contributed by atoms with Crippen LogP contribution >= 0.6 is 0 Å². The quantitative estimate of drug-likeness (QED) is 0.745. The molecule has 1 rings (SSSR count). The molecule has 3 heteroatoms. The number of aliphatic carboxylic acids is 1. The number of hydrogen-bond donors (Lipinski definition) is 2. The highest BCUT2D eigenvalue weighted by Gasteiger charge is 1.98. The zero-order valence-corrected chi connectivity index (χ0v) is 8.07. The van der Waals surface area contributed by atoms with E-state index in [1.54, 1.807) is 0 Å². The zero-order valence-electron chi connectivity index (χ0n) is 8.07. The molecule has 0 aromatic heterocycles. The Morgan fingerprint density at radius 1 is 1.36 bits per heavy atom. The van der Waals surface area contributed by atoms with Crippen LogP contribution < -0.4 is 5.73 Å². The molecule has 3 N–H and O–H groups in total. The molecule has 1 aromatic rings. The molecule has 0 radical (unpaired) electrons. The molecule has 76 valence electrons. The molecule has 0 aliphatic carbocycles. The van der Waals surface area contributed by atoms with E-state index in [9.17, 15) is 4.79 Å². The number of nitrogens with two attached hydrogens (primary N) is 1. The van der Waals surface area contributed by atoms with E-state index in [0.717, 1.165) is 17.5 Å². The molecule has 0 saturated carbocycles. The molecular weight excluding hydrogens is 178 g/mol. The van der Waals surface area contributed by atoms with Gasteiger partial charge in [-0.25, -0.2) is 0 Å². The van der Waals surface area contributed by atoms with Crippen LogP contribution in [0.2, 0.25) is 0 Å². The van der Waals surface area contributed by atoms with Gasteiger partial charge >= 0.3 is 5.97 Å². The van der Waals surface area contributed by atoms with Gasteiger partial charge in [0.2, 0.25) is 0 Å². The molecule has 14 heavy (non-hydrogen) atoms. The van der Waals surface area contributed by atoms with Crippen molar-refractivity contribution in [2.45, 2.75) is 25.8 Å². The van der Waals surface area contributed by atoms with Crippen LogP contribution in [0.25, 0.3) is 0 Å². The van der Waals surface area contributed by atoms with Gasteiger partial charge in [-0.15, -0.1) is 0 Å². The Kier molecular flexibility index (Phi) is 4.13. The summed E-state index contributed by atoms with van der Waals surface area (Å²) in [6, 6.07) is 7.96. The average Bonchev–Trinajstić information content (AvgIpc) is 2.18. The standard InChI is InChI=1S/C11H15NO2/c12-8-10-5-1-3-9(7-10)4-2-6-11(13)14/h1,3,5,7H,2,4,6,8,12H2,(H,13,14). The summed E-state index contributed by atoms with van der Waals surface area (Å²) in [7, 11) is 0. The minimum absolute atomic E-state index is 0.229. The number of benzene rings is 1. The summed E-state index contributed by atoms with van der Waals surface area (Å²) >= 11 is 0. The Balaban J connectivity index is 2.46. The van der Waals surface area contributed by atoms with E-state index in [0.29, 0.717) is 13.0 Å². The van der Waals surface area contributed by atoms with Crippen molar-refractivity contribution in [3.8, 4) is 0 Å². The monoisotopic (exact) mass is 193 g/mol. The van der Waals surface area contributed by atoms with Gasteiger partial charge in [0, 0.05) is 13.0 Å². The molecular formula is C11H15NO2. The molecule has 0 amide bonds. The number of carboxylic acids is 1. The van der Waals surface area contributed by atoms with Crippen molar-refractivity contribution in [2.24, 2.45) is 5.73 Å². The highest BCUT2D eigenvalue weighted by molar-refractivity contribution is 5.66. The van der Waals surface area contributed by atoms with Gasteiger partial charge in [0.1, 0.15) is 0 Å². The maximum absolute atomic E-state index is 10.3. The van der Waals surface area contributed by atoms with Crippen LogP contribution in [0, 0.1) is 0 Å². The largest absolute Gasteiger partial charge is 0.481 e. The topological polar surface area (TPSA) is 63.3 Å². The molecule has 0 bridgehead atoms. The minimum atomic E-state index is -0.736. The predicted octanol–water partition coefficient (Wildman–Crippen LogP) is 1.55. The summed E-state index contributed by atoms with van der Waals surface area (Å²) in [6.45, 7) is 0.534. The number of aryl methyl sites for hydroxylation is 1. The van der Waals surface area contributed by atoms with Crippen molar-refractivity contribution in [3.63, 3.8) is 0 Å². The van der Waals surface area contributed by atoms with E-state index in [-0.39, 0.29) is 6.42 Å². The van der Waals surface area contributed by atoms with Crippen LogP contribution in [0.3, 0.4) is 0 Å². The molecule has 0 fully saturated rings. The Hall–Kier alpha value is -1.35. The second-order valence-corrected chi connectivity index (χ2v) is 3.27. The van der Waals surface area contributed by atoms with Crippen molar-refractivity contribution in [1.82, 2.24) is 0 Å². The maximum Gasteiger partial charge on any atom is 0.303 e. The molecule has 1 aromatic carbocycles. The molecule has 3 nitrogen and oxygen atoms in total. The van der Waals surface area contributed by atoms with Gasteiger partial charge in [-0.05, 0) is 24.0 Å². The number of carboxylic acid groups (broad SMARTS) is 1. The van der Waals surface area contributed by atoms with Crippen molar-refractivity contribution in [3.05, 3.63) is 35.4 Å². The van der Waals surface area contributed by atoms with Gasteiger partial charge in [0.25, 0.3) is 0 Å². The van der Waals surface area contributed by atoms with Crippen molar-refractivity contribution in [1.29, 1.82) is 0 Å². The highest BCUT2D eigenvalue weighted by atomic mass is 16.4. The third kappa shape index (κ3) is 3.58. The summed E-state index contributed by atoms with van der Waals surface area (Å²) in [6.07, 6.45) is 1.72. The summed E-state index contributed by atoms with van der Waals surface area (Å²) in [5.74, 6) is -0.736. The van der Waals surface area contributed by atoms with Gasteiger partial charge < -0.3 is 10.8 Å². The normalized spacial score (nSPS) is 10.1. The van der Waals surface area contributed by atoms with E-state index < -0.39 is 5.97 Å². The van der Waals surface area contributed by atoms with Crippen molar-refractivity contribution < 1.29 is 9.90 Å². The second kappa shape index (κ2) is 5.40. The van der Waals surface area contributed by atoms with E-state index in [4.69, 9.17) is 10.8 Å². The number of rotatable bonds is 5. The summed E-state index contributed by atoms with van der Waals surface area (Å²) in [5.41, 5.74) is 7.76. The average molecular weight is 193 g/mol. The van der Waals surface area contributed by atoms with Crippen molar-refractivity contribution in [2.75, 3.05) is 0 Å². The molecule has 0 aliphatic rings. The Bertz CT molecular complexity index is 310. The fourth-order valence-corrected chi connectivity index (χ4v) is 1.36. The lowest BCUT2D eigenvalue weighted by atomic mass is 10.1. The van der Waals surface area contributed by atoms with Crippen LogP contribution in [0.15, 0.2) is 24.3 Å². The first-order chi connectivity index (χ1) is 6.72. The lowest BCUT2D eigenvalue weighted by molar-refractivity contribution is -0.137. The van der Waals surface area contributed by atoms with Crippen LogP contribution in [-0.4, -0.2) is 11.1 Å². The molecule has 0 aliphatic heterocycles. The third-order valence-electron chi connectivity index (χ3n) is 2.08. The summed E-state index contributed by atoms with van der Waals surface area (Å²) < 4.78 is 0. The van der Waals surface area contributed by atoms with E-state index in [2.05, 4.69) is 0 Å². The lowest BCUT2D eigenvalue weighted by Crippen LogP contribution is -1.98. The minimum Gasteiger partial charge on any atom is -0.481 e. The van der Waals surface area contributed by atoms with Gasteiger partial charge in [-0.2, -0.15) is 0 Å². The number of hydrogen-bond acceptors (Lipinski definition) is 2. The molecule has 0 heterocycles. The SMILES string of the molecule is NCc1cccc(CCCC(=O)O)c1. The fraction of sp³-hybridized carbons (Fsp3) is 0.364. The maximum atomic E-state index is 10.3. The van der Waals surface area contributed by atoms with Crippen LogP contribution in [0.5, 0.6) is 0 Å². The zero-order chi connectivity index (χ0) is 10.4. The summed E-state index contributed by atoms with van der Waals surface area (Å²) in [5, 5.41) is 8.47. The van der Waals surface area contributed by atoms with Crippen LogP contribution in [0.1, 0.15) is 24.0 Å². The Labute approximate surface area is 83.6 Å². The van der Waals surface area contributed by atoms with Gasteiger partial charge in [-0.1, -0.05) is 24.3 Å². The van der Waals surface area contributed by atoms with Crippen LogP contribution in [0.4, 0.5) is 0 Å². The first kappa shape index (κ1) is 10.7. The van der Waals surface area contributed by atoms with Crippen LogP contribution in [-0.2, 0) is 17.8 Å². The fourth-order valence-electron chi connectivity index (χ4n) is 1.36. The second-order valence-electron chi connectivity index (χ2n) is 3.27. The highest BCUT2D eigenvalue weighted by Crippen LogP contribution is 2.08. The van der Waals surface area contributed by atoms with Gasteiger partial charge in [0.15, 0.2) is 0 Å². The van der Waals surface area contributed by atoms with Crippen molar-refractivity contribution >= 4 is 5.97 Å². The third-order valence-corrected chi connectivity index (χ3v) is 2.08. The first-order valence-electron chi connectivity index (χ1n) is 4.72. The van der Waals surface area contributed by atoms with E-state index in [1.807, 2.05) is 24.3 Å². The molecule has 0 saturated heterocycles. The van der Waals surface area contributed by atoms with Gasteiger partial charge in [-0.3, -0.25) is 4.79 Å². The summed E-state index contributed by atoms with van der Waals surface area (Å²) in [4.78, 5) is 10.3. The Morgan fingerprint density at radius 2 is 2.07 bits per heavy atom. The predicted molar refractivity (Wildman–Crippen MR) is 54.9 cm³/mol. The lowest BCUT2D eigenvalue weighted by Gasteiger charge is -2.02. The smallest absolute Gasteiger partial charge is 0.303 e. The first-order valence-corrected chi connectivity index (χ1v) is 4.72. The molecule has 0 atom stereocenters. The molecule has 0 unspecified atom stereocenters. The Morgan fingerprint density at radius 3 is 2.71 bits per heavy atom. The van der Waals surface area contributed by atoms with Gasteiger partial charge in [0.05, 0.1) is 0 Å². The molecule has 0 spiro atoms. The number of carbonyl (C=O) groups is 1. The van der Waals surface area contributed by atoms with E-state index in [1.165, 1.54) is 0 Å². The van der Waals surface area contributed by atoms with E-state index >= 15 is 0 Å².